The van der Waals surface area contributed by atoms with Crippen LogP contribution in [0.25, 0.3) is 0 Å². The monoisotopic (exact) mass is 406 g/mol. The summed E-state index contributed by atoms with van der Waals surface area (Å²) in [6.07, 6.45) is 1.90. The largest absolute Gasteiger partial charge is 0.447 e. The van der Waals surface area contributed by atoms with Crippen molar-refractivity contribution in [1.29, 1.82) is 0 Å². The maximum absolute atomic E-state index is 12.9. The number of anilines is 1. The second-order valence-electron chi connectivity index (χ2n) is 7.94. The first kappa shape index (κ1) is 20.1. The lowest BCUT2D eigenvalue weighted by atomic mass is 10.1. The Morgan fingerprint density at radius 1 is 1.10 bits per heavy atom. The lowest BCUT2D eigenvalue weighted by molar-refractivity contribution is -0.160. The number of hydrogen-bond acceptors (Lipinski definition) is 4. The van der Waals surface area contributed by atoms with Crippen molar-refractivity contribution in [2.75, 3.05) is 11.4 Å². The van der Waals surface area contributed by atoms with Crippen LogP contribution in [0.3, 0.4) is 0 Å². The third kappa shape index (κ3) is 4.53. The molecule has 30 heavy (non-hydrogen) atoms. The van der Waals surface area contributed by atoms with Crippen molar-refractivity contribution >= 4 is 23.5 Å². The Labute approximate surface area is 176 Å². The molecule has 0 bridgehead atoms. The van der Waals surface area contributed by atoms with E-state index < -0.39 is 18.0 Å². The first-order chi connectivity index (χ1) is 14.5. The average molecular weight is 406 g/mol. The summed E-state index contributed by atoms with van der Waals surface area (Å²) in [6.45, 7) is 2.33. The van der Waals surface area contributed by atoms with Gasteiger partial charge in [-0.15, -0.1) is 0 Å². The molecule has 1 saturated heterocycles. The van der Waals surface area contributed by atoms with Crippen molar-refractivity contribution < 1.29 is 19.1 Å². The van der Waals surface area contributed by atoms with Gasteiger partial charge in [-0.1, -0.05) is 49.4 Å². The molecule has 6 heteroatoms. The number of benzene rings is 2. The van der Waals surface area contributed by atoms with Crippen LogP contribution in [0.1, 0.15) is 43.4 Å². The summed E-state index contributed by atoms with van der Waals surface area (Å²) < 4.78 is 5.65. The van der Waals surface area contributed by atoms with E-state index in [0.29, 0.717) is 5.56 Å². The van der Waals surface area contributed by atoms with Crippen LogP contribution in [0.2, 0.25) is 0 Å². The first-order valence-electron chi connectivity index (χ1n) is 10.5. The third-order valence-corrected chi connectivity index (χ3v) is 5.61. The molecule has 0 unspecified atom stereocenters. The van der Waals surface area contributed by atoms with Crippen LogP contribution in [0, 0.1) is 5.92 Å². The van der Waals surface area contributed by atoms with Gasteiger partial charge in [-0.3, -0.25) is 14.4 Å². The quantitative estimate of drug-likeness (QED) is 0.717. The molecule has 2 amide bonds. The minimum atomic E-state index is -1.01. The zero-order valence-corrected chi connectivity index (χ0v) is 17.0. The molecule has 1 N–H and O–H groups in total. The molecule has 2 atom stereocenters. The van der Waals surface area contributed by atoms with Crippen LogP contribution >= 0.6 is 0 Å². The van der Waals surface area contributed by atoms with Gasteiger partial charge in [0.1, 0.15) is 0 Å². The molecule has 2 aromatic rings. The SMILES string of the molecule is CCc1ccc(N2C[C@H](C(=O)O[C@@H](C(=O)NC3CC3)c3ccccc3)CC2=O)cc1. The number of amides is 2. The predicted molar refractivity (Wildman–Crippen MR) is 113 cm³/mol. The third-order valence-electron chi connectivity index (χ3n) is 5.61. The molecular weight excluding hydrogens is 380 g/mol. The zero-order chi connectivity index (χ0) is 21.1. The molecular formula is C24H26N2O4. The van der Waals surface area contributed by atoms with Gasteiger partial charge in [0.15, 0.2) is 0 Å². The van der Waals surface area contributed by atoms with Gasteiger partial charge in [0.2, 0.25) is 12.0 Å². The molecule has 6 nitrogen and oxygen atoms in total. The number of carbonyl (C=O) groups is 3. The topological polar surface area (TPSA) is 75.7 Å². The Morgan fingerprint density at radius 2 is 1.80 bits per heavy atom. The molecule has 156 valence electrons. The number of carbonyl (C=O) groups excluding carboxylic acids is 3. The van der Waals surface area contributed by atoms with Gasteiger partial charge in [0.25, 0.3) is 5.91 Å². The Bertz CT molecular complexity index is 922. The van der Waals surface area contributed by atoms with Crippen LogP contribution in [0.15, 0.2) is 54.6 Å². The van der Waals surface area contributed by atoms with Crippen molar-refractivity contribution in [3.8, 4) is 0 Å². The summed E-state index contributed by atoms with van der Waals surface area (Å²) in [5, 5.41) is 2.91. The summed E-state index contributed by atoms with van der Waals surface area (Å²) in [6, 6.07) is 16.9. The minimum absolute atomic E-state index is 0.0834. The Morgan fingerprint density at radius 3 is 2.43 bits per heavy atom. The molecule has 0 spiro atoms. The smallest absolute Gasteiger partial charge is 0.312 e. The summed E-state index contributed by atoms with van der Waals surface area (Å²) in [4.78, 5) is 39.7. The van der Waals surface area contributed by atoms with E-state index in [9.17, 15) is 14.4 Å². The van der Waals surface area contributed by atoms with Crippen LogP contribution in [-0.4, -0.2) is 30.4 Å². The van der Waals surface area contributed by atoms with Gasteiger partial charge in [0.05, 0.1) is 5.92 Å². The number of aryl methyl sites for hydroxylation is 1. The van der Waals surface area contributed by atoms with Crippen LogP contribution in [-0.2, 0) is 25.5 Å². The number of nitrogens with zero attached hydrogens (tertiary/aromatic N) is 1. The second kappa shape index (κ2) is 8.69. The van der Waals surface area contributed by atoms with E-state index in [1.165, 1.54) is 5.56 Å². The fourth-order valence-electron chi connectivity index (χ4n) is 3.64. The summed E-state index contributed by atoms with van der Waals surface area (Å²) in [5.74, 6) is -1.53. The zero-order valence-electron chi connectivity index (χ0n) is 17.0. The van der Waals surface area contributed by atoms with E-state index in [1.807, 2.05) is 30.3 Å². The van der Waals surface area contributed by atoms with Gasteiger partial charge in [-0.2, -0.15) is 0 Å². The fourth-order valence-corrected chi connectivity index (χ4v) is 3.64. The molecule has 0 radical (unpaired) electrons. The lowest BCUT2D eigenvalue weighted by Gasteiger charge is -2.20. The van der Waals surface area contributed by atoms with E-state index in [-0.39, 0.29) is 30.8 Å². The van der Waals surface area contributed by atoms with Crippen molar-refractivity contribution in [2.45, 2.75) is 44.8 Å². The number of esters is 1. The van der Waals surface area contributed by atoms with E-state index in [0.717, 1.165) is 24.9 Å². The van der Waals surface area contributed by atoms with Gasteiger partial charge < -0.3 is 15.0 Å². The van der Waals surface area contributed by atoms with Crippen LogP contribution < -0.4 is 10.2 Å². The van der Waals surface area contributed by atoms with E-state index in [1.54, 1.807) is 29.2 Å². The summed E-state index contributed by atoms with van der Waals surface area (Å²) in [7, 11) is 0. The Kier molecular flexibility index (Phi) is 5.84. The average Bonchev–Trinajstić information content (AvgIpc) is 3.50. The second-order valence-corrected chi connectivity index (χ2v) is 7.94. The number of hydrogen-bond donors (Lipinski definition) is 1. The molecule has 1 aliphatic carbocycles. The van der Waals surface area contributed by atoms with Crippen LogP contribution in [0.5, 0.6) is 0 Å². The van der Waals surface area contributed by atoms with Crippen molar-refractivity contribution in [3.05, 3.63) is 65.7 Å². The molecule has 2 aliphatic rings. The molecule has 0 aromatic heterocycles. The lowest BCUT2D eigenvalue weighted by Crippen LogP contribution is -2.35. The van der Waals surface area contributed by atoms with Gasteiger partial charge in [0, 0.05) is 30.3 Å². The Hall–Kier alpha value is -3.15. The molecule has 1 aliphatic heterocycles. The predicted octanol–water partition coefficient (Wildman–Crippen LogP) is 3.17. The number of ether oxygens (including phenoxy) is 1. The maximum Gasteiger partial charge on any atom is 0.312 e. The summed E-state index contributed by atoms with van der Waals surface area (Å²) in [5.41, 5.74) is 2.59. The van der Waals surface area contributed by atoms with Gasteiger partial charge >= 0.3 is 5.97 Å². The fraction of sp³-hybridized carbons (Fsp3) is 0.375. The molecule has 2 aromatic carbocycles. The molecule has 1 saturated carbocycles. The highest BCUT2D eigenvalue weighted by atomic mass is 16.5. The minimum Gasteiger partial charge on any atom is -0.447 e. The van der Waals surface area contributed by atoms with E-state index in [4.69, 9.17) is 4.74 Å². The van der Waals surface area contributed by atoms with E-state index in [2.05, 4.69) is 12.2 Å². The van der Waals surface area contributed by atoms with Crippen molar-refractivity contribution in [1.82, 2.24) is 5.32 Å². The van der Waals surface area contributed by atoms with Gasteiger partial charge in [-0.05, 0) is 37.0 Å². The molecule has 4 rings (SSSR count). The van der Waals surface area contributed by atoms with Crippen molar-refractivity contribution in [2.24, 2.45) is 5.92 Å². The standard InChI is InChI=1S/C24H26N2O4/c1-2-16-8-12-20(13-9-16)26-15-18(14-21(26)27)24(29)30-22(17-6-4-3-5-7-17)23(28)25-19-10-11-19/h3-9,12-13,18-19,22H,2,10-11,14-15H2,1H3,(H,25,28)/t18-,22-/m1/s1. The van der Waals surface area contributed by atoms with Crippen molar-refractivity contribution in [3.63, 3.8) is 0 Å². The number of nitrogens with one attached hydrogen (secondary N) is 1. The highest BCUT2D eigenvalue weighted by molar-refractivity contribution is 5.99. The molecule has 1 heterocycles. The number of rotatable bonds is 7. The van der Waals surface area contributed by atoms with Crippen LogP contribution in [0.4, 0.5) is 5.69 Å². The summed E-state index contributed by atoms with van der Waals surface area (Å²) >= 11 is 0. The van der Waals surface area contributed by atoms with E-state index >= 15 is 0 Å². The highest BCUT2D eigenvalue weighted by Gasteiger charge is 2.39. The maximum atomic E-state index is 12.9. The highest BCUT2D eigenvalue weighted by Crippen LogP contribution is 2.29. The Balaban J connectivity index is 1.45. The molecule has 2 fully saturated rings. The van der Waals surface area contributed by atoms with Gasteiger partial charge in [-0.25, -0.2) is 0 Å². The first-order valence-corrected chi connectivity index (χ1v) is 10.5. The normalized spacial score (nSPS) is 19.4.